The third-order valence-corrected chi connectivity index (χ3v) is 6.68. The number of aromatic carboxylic acids is 1. The van der Waals surface area contributed by atoms with E-state index in [0.29, 0.717) is 18.5 Å². The lowest BCUT2D eigenvalue weighted by atomic mass is 10.1. The predicted octanol–water partition coefficient (Wildman–Crippen LogP) is 2.18. The maximum Gasteiger partial charge on any atom is 0.335 e. The molecule has 0 heterocycles. The summed E-state index contributed by atoms with van der Waals surface area (Å²) in [6.45, 7) is 3.69. The van der Waals surface area contributed by atoms with Crippen molar-refractivity contribution in [1.82, 2.24) is 4.72 Å². The minimum absolute atomic E-state index is 0.0166. The van der Waals surface area contributed by atoms with Gasteiger partial charge >= 0.3 is 5.97 Å². The Balaban J connectivity index is 2.29. The van der Waals surface area contributed by atoms with Gasteiger partial charge in [-0.1, -0.05) is 13.0 Å². The van der Waals surface area contributed by atoms with Crippen LogP contribution in [0.5, 0.6) is 0 Å². The van der Waals surface area contributed by atoms with Crippen LogP contribution in [0.1, 0.15) is 29.3 Å². The van der Waals surface area contributed by atoms with E-state index in [1.165, 1.54) is 36.4 Å². The Morgan fingerprint density at radius 2 is 1.63 bits per heavy atom. The van der Waals surface area contributed by atoms with E-state index in [1.807, 2.05) is 6.92 Å². The summed E-state index contributed by atoms with van der Waals surface area (Å²) < 4.78 is 54.0. The zero-order valence-electron chi connectivity index (χ0n) is 14.8. The minimum Gasteiger partial charge on any atom is -0.478 e. The Hall–Kier alpha value is -2.43. The topological polar surface area (TPSA) is 130 Å². The molecule has 2 aromatic carbocycles. The number of carboxylic acids is 1. The summed E-state index contributed by atoms with van der Waals surface area (Å²) in [6.07, 6.45) is 0.645. The van der Waals surface area contributed by atoms with Crippen LogP contribution >= 0.6 is 0 Å². The largest absolute Gasteiger partial charge is 0.478 e. The van der Waals surface area contributed by atoms with Crippen molar-refractivity contribution in [2.75, 3.05) is 11.3 Å². The molecule has 3 N–H and O–H groups in total. The fraction of sp³-hybridized carbons (Fsp3) is 0.235. The molecule has 0 radical (unpaired) electrons. The van der Waals surface area contributed by atoms with Crippen molar-refractivity contribution in [3.05, 3.63) is 53.6 Å². The van der Waals surface area contributed by atoms with Gasteiger partial charge in [0.25, 0.3) is 10.0 Å². The van der Waals surface area contributed by atoms with Crippen molar-refractivity contribution in [1.29, 1.82) is 0 Å². The molecule has 0 aliphatic rings. The molecule has 2 rings (SSSR count). The molecule has 0 atom stereocenters. The van der Waals surface area contributed by atoms with Crippen molar-refractivity contribution in [3.8, 4) is 0 Å². The van der Waals surface area contributed by atoms with E-state index in [-0.39, 0.29) is 21.0 Å². The van der Waals surface area contributed by atoms with Gasteiger partial charge < -0.3 is 5.11 Å². The molecule has 0 fully saturated rings. The molecule has 0 bridgehead atoms. The zero-order chi connectivity index (χ0) is 20.2. The summed E-state index contributed by atoms with van der Waals surface area (Å²) in [5.41, 5.74) is 0.393. The molecular weight excluding hydrogens is 392 g/mol. The van der Waals surface area contributed by atoms with E-state index >= 15 is 0 Å². The molecule has 0 spiro atoms. The number of nitrogens with one attached hydrogen (secondary N) is 2. The molecular formula is C17H20N2O6S2. The third-order valence-electron chi connectivity index (χ3n) is 3.68. The van der Waals surface area contributed by atoms with Crippen molar-refractivity contribution in [2.45, 2.75) is 30.1 Å². The molecule has 0 amide bonds. The van der Waals surface area contributed by atoms with E-state index in [9.17, 15) is 21.6 Å². The fourth-order valence-corrected chi connectivity index (χ4v) is 4.72. The Morgan fingerprint density at radius 1 is 1.00 bits per heavy atom. The van der Waals surface area contributed by atoms with Crippen LogP contribution in [0.15, 0.2) is 52.3 Å². The molecule has 27 heavy (non-hydrogen) atoms. The number of hydrogen-bond acceptors (Lipinski definition) is 5. The molecule has 10 heteroatoms. The first-order valence-electron chi connectivity index (χ1n) is 8.03. The van der Waals surface area contributed by atoms with Crippen LogP contribution in [0.2, 0.25) is 0 Å². The van der Waals surface area contributed by atoms with Crippen LogP contribution < -0.4 is 9.44 Å². The second-order valence-electron chi connectivity index (χ2n) is 5.81. The van der Waals surface area contributed by atoms with E-state index < -0.39 is 26.0 Å². The lowest BCUT2D eigenvalue weighted by molar-refractivity contribution is 0.0696. The van der Waals surface area contributed by atoms with Gasteiger partial charge in [-0.2, -0.15) is 0 Å². The van der Waals surface area contributed by atoms with E-state index in [0.717, 1.165) is 6.07 Å². The smallest absolute Gasteiger partial charge is 0.335 e. The molecule has 0 saturated heterocycles. The number of sulfonamides is 2. The monoisotopic (exact) mass is 412 g/mol. The second kappa shape index (κ2) is 8.07. The summed E-state index contributed by atoms with van der Waals surface area (Å²) in [7, 11) is -7.69. The van der Waals surface area contributed by atoms with Crippen molar-refractivity contribution < 1.29 is 26.7 Å². The first kappa shape index (κ1) is 20.9. The molecule has 8 nitrogen and oxygen atoms in total. The predicted molar refractivity (Wildman–Crippen MR) is 101 cm³/mol. The average Bonchev–Trinajstić information content (AvgIpc) is 2.60. The third kappa shape index (κ3) is 5.06. The van der Waals surface area contributed by atoms with Gasteiger partial charge in [-0.25, -0.2) is 26.4 Å². The number of hydrogen-bond donors (Lipinski definition) is 3. The molecule has 0 unspecified atom stereocenters. The van der Waals surface area contributed by atoms with E-state index in [1.54, 1.807) is 6.92 Å². The Morgan fingerprint density at radius 3 is 2.19 bits per heavy atom. The standard InChI is InChI=1S/C17H20N2O6S2/c1-3-10-18-26(22,23)15-8-6-14(7-9-15)19-27(24,25)16-11-13(17(20)21)5-4-12(16)2/h4-9,11,18-19H,3,10H2,1-2H3,(H,20,21). The SMILES string of the molecule is CCCNS(=O)(=O)c1ccc(NS(=O)(=O)c2cc(C(=O)O)ccc2C)cc1. The van der Waals surface area contributed by atoms with Crippen LogP contribution in [0, 0.1) is 6.92 Å². The van der Waals surface area contributed by atoms with Crippen LogP contribution in [0.3, 0.4) is 0 Å². The summed E-state index contributed by atoms with van der Waals surface area (Å²) in [4.78, 5) is 10.9. The van der Waals surface area contributed by atoms with Crippen LogP contribution in [0.25, 0.3) is 0 Å². The minimum atomic E-state index is -4.04. The Labute approximate surface area is 158 Å². The quantitative estimate of drug-likeness (QED) is 0.609. The molecule has 2 aromatic rings. The zero-order valence-corrected chi connectivity index (χ0v) is 16.4. The van der Waals surface area contributed by atoms with Gasteiger partial charge in [-0.3, -0.25) is 4.72 Å². The average molecular weight is 412 g/mol. The highest BCUT2D eigenvalue weighted by atomic mass is 32.2. The molecule has 0 aromatic heterocycles. The maximum atomic E-state index is 12.6. The van der Waals surface area contributed by atoms with Crippen molar-refractivity contribution in [3.63, 3.8) is 0 Å². The summed E-state index contributed by atoms with van der Waals surface area (Å²) in [5, 5.41) is 9.05. The van der Waals surface area contributed by atoms with Gasteiger partial charge in [-0.05, 0) is 55.3 Å². The summed E-state index contributed by atoms with van der Waals surface area (Å²) in [6, 6.07) is 9.04. The van der Waals surface area contributed by atoms with Crippen LogP contribution in [-0.2, 0) is 20.0 Å². The molecule has 0 aliphatic carbocycles. The van der Waals surface area contributed by atoms with Crippen molar-refractivity contribution in [2.24, 2.45) is 0 Å². The number of anilines is 1. The summed E-state index contributed by atoms with van der Waals surface area (Å²) in [5.74, 6) is -1.24. The highest BCUT2D eigenvalue weighted by Gasteiger charge is 2.20. The summed E-state index contributed by atoms with van der Waals surface area (Å²) >= 11 is 0. The highest BCUT2D eigenvalue weighted by Crippen LogP contribution is 2.22. The van der Waals surface area contributed by atoms with Gasteiger partial charge in [0, 0.05) is 12.2 Å². The lowest BCUT2D eigenvalue weighted by Crippen LogP contribution is -2.24. The van der Waals surface area contributed by atoms with Gasteiger partial charge in [0.2, 0.25) is 10.0 Å². The van der Waals surface area contributed by atoms with Gasteiger partial charge in [-0.15, -0.1) is 0 Å². The lowest BCUT2D eigenvalue weighted by Gasteiger charge is -2.12. The van der Waals surface area contributed by atoms with Crippen LogP contribution in [0.4, 0.5) is 5.69 Å². The number of carbonyl (C=O) groups is 1. The number of benzene rings is 2. The number of rotatable bonds is 8. The highest BCUT2D eigenvalue weighted by molar-refractivity contribution is 7.92. The van der Waals surface area contributed by atoms with E-state index in [2.05, 4.69) is 9.44 Å². The molecule has 146 valence electrons. The first-order valence-corrected chi connectivity index (χ1v) is 11.0. The first-order chi connectivity index (χ1) is 12.6. The second-order valence-corrected chi connectivity index (χ2v) is 9.23. The van der Waals surface area contributed by atoms with Gasteiger partial charge in [0.15, 0.2) is 0 Å². The number of carboxylic acid groups (broad SMARTS) is 1. The Kier molecular flexibility index (Phi) is 6.24. The Bertz CT molecular complexity index is 1050. The van der Waals surface area contributed by atoms with Gasteiger partial charge in [0.05, 0.1) is 15.4 Å². The maximum absolute atomic E-state index is 12.6. The van der Waals surface area contributed by atoms with E-state index in [4.69, 9.17) is 5.11 Å². The fourth-order valence-electron chi connectivity index (χ4n) is 2.25. The molecule has 0 saturated carbocycles. The van der Waals surface area contributed by atoms with Crippen molar-refractivity contribution >= 4 is 31.7 Å². The van der Waals surface area contributed by atoms with Gasteiger partial charge in [0.1, 0.15) is 0 Å². The van der Waals surface area contributed by atoms with Crippen LogP contribution in [-0.4, -0.2) is 34.5 Å². The normalized spacial score (nSPS) is 11.9. The molecule has 0 aliphatic heterocycles. The number of aryl methyl sites for hydroxylation is 1.